The predicted octanol–water partition coefficient (Wildman–Crippen LogP) is 2.64. The first-order valence-electron chi connectivity index (χ1n) is 10.7. The molecule has 1 aromatic carbocycles. The summed E-state index contributed by atoms with van der Waals surface area (Å²) in [4.78, 5) is 40.7. The normalized spacial score (nSPS) is 15.1. The number of aliphatic carboxylic acids is 4. The summed E-state index contributed by atoms with van der Waals surface area (Å²) in [7, 11) is 0. The monoisotopic (exact) mass is 548 g/mol. The van der Waals surface area contributed by atoms with Gasteiger partial charge in [0, 0.05) is 43.5 Å². The van der Waals surface area contributed by atoms with Crippen LogP contribution in [0.4, 0.5) is 0 Å². The Bertz CT molecular complexity index is 886. The van der Waals surface area contributed by atoms with Crippen molar-refractivity contribution in [2.45, 2.75) is 19.8 Å². The molecule has 1 aliphatic heterocycles. The van der Waals surface area contributed by atoms with Crippen LogP contribution in [0.1, 0.15) is 18.9 Å². The van der Waals surface area contributed by atoms with Crippen molar-refractivity contribution in [1.29, 1.82) is 0 Å². The van der Waals surface area contributed by atoms with Gasteiger partial charge in [-0.1, -0.05) is 23.2 Å². The van der Waals surface area contributed by atoms with Crippen molar-refractivity contribution in [1.82, 2.24) is 4.90 Å². The Morgan fingerprint density at radius 1 is 0.972 bits per heavy atom. The van der Waals surface area contributed by atoms with Crippen molar-refractivity contribution in [2.24, 2.45) is 11.7 Å². The van der Waals surface area contributed by atoms with Crippen LogP contribution < -0.4 is 10.5 Å². The molecule has 1 aromatic rings. The van der Waals surface area contributed by atoms with Crippen molar-refractivity contribution < 1.29 is 44.3 Å². The van der Waals surface area contributed by atoms with E-state index in [1.165, 1.54) is 6.42 Å². The van der Waals surface area contributed by atoms with Crippen molar-refractivity contribution >= 4 is 47.1 Å². The van der Waals surface area contributed by atoms with Crippen molar-refractivity contribution in [3.63, 3.8) is 0 Å². The van der Waals surface area contributed by atoms with E-state index in [1.807, 2.05) is 19.1 Å². The summed E-state index contributed by atoms with van der Waals surface area (Å²) >= 11 is 12.2. The van der Waals surface area contributed by atoms with E-state index in [9.17, 15) is 19.2 Å². The molecule has 0 bridgehead atoms. The van der Waals surface area contributed by atoms with Gasteiger partial charge in [-0.2, -0.15) is 0 Å². The number of carboxylic acids is 4. The largest absolute Gasteiger partial charge is 0.494 e. The Balaban J connectivity index is 0.000000634. The van der Waals surface area contributed by atoms with Crippen molar-refractivity contribution in [3.8, 4) is 5.75 Å². The molecule has 1 saturated heterocycles. The maximum atomic E-state index is 9.55. The standard InChI is InChI=1S/C15H22Cl2N2O.2C4H4O4/c1-2-20-15-8-14(17)13(16)7-12(15)4-6-19-5-3-11(9-18)10-19;2*5-3(6)1-2-4(7)8/h7-8,11H,2-6,9-10,18H2,1H3;2*1-2H,(H,5,6)(H,7,8)/b;2*2-1+/t11-;;/m0../s1. The minimum Gasteiger partial charge on any atom is -0.494 e. The first kappa shape index (κ1) is 32.9. The van der Waals surface area contributed by atoms with Gasteiger partial charge in [0.15, 0.2) is 0 Å². The van der Waals surface area contributed by atoms with Gasteiger partial charge < -0.3 is 35.8 Å². The molecule has 0 radical (unpaired) electrons. The highest BCUT2D eigenvalue weighted by Crippen LogP contribution is 2.31. The average molecular weight is 549 g/mol. The van der Waals surface area contributed by atoms with Gasteiger partial charge in [0.25, 0.3) is 0 Å². The lowest BCUT2D eigenvalue weighted by Crippen LogP contribution is -2.25. The van der Waals surface area contributed by atoms with Crippen LogP contribution >= 0.6 is 23.2 Å². The topological polar surface area (TPSA) is 188 Å². The molecule has 1 heterocycles. The Hall–Kier alpha value is -3.12. The Kier molecular flexibility index (Phi) is 16.6. The smallest absolute Gasteiger partial charge is 0.328 e. The van der Waals surface area contributed by atoms with E-state index < -0.39 is 23.9 Å². The summed E-state index contributed by atoms with van der Waals surface area (Å²) < 4.78 is 5.65. The Morgan fingerprint density at radius 2 is 1.44 bits per heavy atom. The van der Waals surface area contributed by atoms with Crippen LogP contribution in [0.25, 0.3) is 0 Å². The lowest BCUT2D eigenvalue weighted by molar-refractivity contribution is -0.134. The number of likely N-dealkylation sites (tertiary alicyclic amines) is 1. The number of halogens is 2. The highest BCUT2D eigenvalue weighted by Gasteiger charge is 2.21. The van der Waals surface area contributed by atoms with Crippen molar-refractivity contribution in [3.05, 3.63) is 52.0 Å². The molecule has 0 spiro atoms. The highest BCUT2D eigenvalue weighted by atomic mass is 35.5. The van der Waals surface area contributed by atoms with Crippen molar-refractivity contribution in [2.75, 3.05) is 32.8 Å². The third kappa shape index (κ3) is 15.7. The second kappa shape index (κ2) is 18.2. The second-order valence-electron chi connectivity index (χ2n) is 7.27. The third-order valence-electron chi connectivity index (χ3n) is 4.54. The van der Waals surface area contributed by atoms with Crippen LogP contribution in [0.3, 0.4) is 0 Å². The molecule has 36 heavy (non-hydrogen) atoms. The fourth-order valence-corrected chi connectivity index (χ4v) is 3.27. The van der Waals surface area contributed by atoms with Gasteiger partial charge in [-0.05, 0) is 50.4 Å². The van der Waals surface area contributed by atoms with E-state index in [0.29, 0.717) is 46.9 Å². The first-order chi connectivity index (χ1) is 16.9. The third-order valence-corrected chi connectivity index (χ3v) is 5.26. The van der Waals surface area contributed by atoms with E-state index in [-0.39, 0.29) is 0 Å². The number of nitrogens with two attached hydrogens (primary N) is 1. The van der Waals surface area contributed by atoms with E-state index in [0.717, 1.165) is 43.9 Å². The molecule has 2 rings (SSSR count). The van der Waals surface area contributed by atoms with Crippen LogP contribution in [0.15, 0.2) is 36.4 Å². The molecule has 0 aromatic heterocycles. The lowest BCUT2D eigenvalue weighted by atomic mass is 10.1. The van der Waals surface area contributed by atoms with Crippen LogP contribution in [0.5, 0.6) is 5.75 Å². The number of hydrogen-bond acceptors (Lipinski definition) is 7. The molecular formula is C23H30Cl2N2O9. The zero-order chi connectivity index (χ0) is 27.7. The van der Waals surface area contributed by atoms with E-state index >= 15 is 0 Å². The number of benzene rings is 1. The number of carbonyl (C=O) groups is 4. The summed E-state index contributed by atoms with van der Waals surface area (Å²) in [5.74, 6) is -3.54. The molecule has 0 amide bonds. The Labute approximate surface area is 218 Å². The van der Waals surface area contributed by atoms with Gasteiger partial charge in [0.05, 0.1) is 16.7 Å². The molecular weight excluding hydrogens is 519 g/mol. The number of nitrogens with zero attached hydrogens (tertiary/aromatic N) is 1. The number of hydrogen-bond donors (Lipinski definition) is 5. The zero-order valence-corrected chi connectivity index (χ0v) is 21.1. The molecule has 200 valence electrons. The molecule has 0 saturated carbocycles. The Morgan fingerprint density at radius 3 is 1.83 bits per heavy atom. The first-order valence-corrected chi connectivity index (χ1v) is 11.5. The van der Waals surface area contributed by atoms with Crippen LogP contribution in [-0.2, 0) is 25.6 Å². The van der Waals surface area contributed by atoms with Crippen LogP contribution in [0.2, 0.25) is 10.0 Å². The molecule has 1 aliphatic rings. The number of ether oxygens (including phenoxy) is 1. The average Bonchev–Trinajstić information content (AvgIpc) is 3.27. The molecule has 13 heteroatoms. The van der Waals surface area contributed by atoms with Gasteiger partial charge in [0.2, 0.25) is 0 Å². The summed E-state index contributed by atoms with van der Waals surface area (Å²) in [6.45, 7) is 6.62. The van der Waals surface area contributed by atoms with Gasteiger partial charge in [0.1, 0.15) is 5.75 Å². The second-order valence-corrected chi connectivity index (χ2v) is 8.08. The van der Waals surface area contributed by atoms with Gasteiger partial charge >= 0.3 is 23.9 Å². The predicted molar refractivity (Wildman–Crippen MR) is 134 cm³/mol. The van der Waals surface area contributed by atoms with Gasteiger partial charge in [-0.25, -0.2) is 19.2 Å². The minimum absolute atomic E-state index is 0.545. The number of rotatable bonds is 10. The van der Waals surface area contributed by atoms with Crippen LogP contribution in [-0.4, -0.2) is 82.0 Å². The van der Waals surface area contributed by atoms with Gasteiger partial charge in [-0.15, -0.1) is 0 Å². The van der Waals surface area contributed by atoms with E-state index in [1.54, 1.807) is 0 Å². The minimum atomic E-state index is -1.26. The summed E-state index contributed by atoms with van der Waals surface area (Å²) in [6, 6.07) is 3.74. The van der Waals surface area contributed by atoms with E-state index in [4.69, 9.17) is 54.1 Å². The van der Waals surface area contributed by atoms with Gasteiger partial charge in [-0.3, -0.25) is 0 Å². The maximum Gasteiger partial charge on any atom is 0.328 e. The molecule has 11 nitrogen and oxygen atoms in total. The molecule has 0 unspecified atom stereocenters. The molecule has 0 aliphatic carbocycles. The van der Waals surface area contributed by atoms with E-state index in [2.05, 4.69) is 4.90 Å². The summed E-state index contributed by atoms with van der Waals surface area (Å²) in [6.07, 6.45) is 4.36. The molecule has 6 N–H and O–H groups in total. The fraction of sp³-hybridized carbons (Fsp3) is 0.391. The van der Waals surface area contributed by atoms with Crippen LogP contribution in [0, 0.1) is 5.92 Å². The molecule has 1 atom stereocenters. The highest BCUT2D eigenvalue weighted by molar-refractivity contribution is 6.42. The molecule has 1 fully saturated rings. The summed E-state index contributed by atoms with van der Waals surface area (Å²) in [5.41, 5.74) is 6.85. The maximum absolute atomic E-state index is 9.55. The lowest BCUT2D eigenvalue weighted by Gasteiger charge is -2.17. The summed E-state index contributed by atoms with van der Waals surface area (Å²) in [5, 5.41) is 32.4. The SMILES string of the molecule is CCOc1cc(Cl)c(Cl)cc1CCN1CC[C@@H](CN)C1.O=C(O)/C=C/C(=O)O.O=C(O)/C=C/C(=O)O. The quantitative estimate of drug-likeness (QED) is 0.270. The fourth-order valence-electron chi connectivity index (χ4n) is 2.93. The zero-order valence-electron chi connectivity index (χ0n) is 19.6. The number of carboxylic acid groups (broad SMARTS) is 4.